The second-order valence-corrected chi connectivity index (χ2v) is 5.13. The van der Waals surface area contributed by atoms with Crippen molar-refractivity contribution in [2.75, 3.05) is 13.2 Å². The standard InChI is InChI=1S/C15H21N3O2/c1-3-18-14(16-11-17-18)8-15(9-19,10-20)13-6-4-12(2)5-7-13/h4-7,11,19-20H,3,8-10H2,1-2H3. The lowest BCUT2D eigenvalue weighted by atomic mass is 9.78. The smallest absolute Gasteiger partial charge is 0.138 e. The molecule has 1 aromatic heterocycles. The second kappa shape index (κ2) is 6.15. The van der Waals surface area contributed by atoms with Gasteiger partial charge in [0.2, 0.25) is 0 Å². The largest absolute Gasteiger partial charge is 0.395 e. The quantitative estimate of drug-likeness (QED) is 0.827. The number of hydrogen-bond acceptors (Lipinski definition) is 4. The Morgan fingerprint density at radius 3 is 2.35 bits per heavy atom. The molecule has 2 N–H and O–H groups in total. The van der Waals surface area contributed by atoms with Crippen LogP contribution in [0.3, 0.4) is 0 Å². The summed E-state index contributed by atoms with van der Waals surface area (Å²) in [6, 6.07) is 7.88. The van der Waals surface area contributed by atoms with Crippen LogP contribution in [-0.2, 0) is 18.4 Å². The molecule has 0 saturated heterocycles. The van der Waals surface area contributed by atoms with Crippen molar-refractivity contribution < 1.29 is 10.2 Å². The first kappa shape index (κ1) is 14.7. The molecule has 0 saturated carbocycles. The Hall–Kier alpha value is -1.72. The molecule has 0 aliphatic rings. The van der Waals surface area contributed by atoms with E-state index in [1.54, 1.807) is 4.68 Å². The van der Waals surface area contributed by atoms with Crippen LogP contribution < -0.4 is 0 Å². The summed E-state index contributed by atoms with van der Waals surface area (Å²) in [5.41, 5.74) is 1.34. The van der Waals surface area contributed by atoms with Crippen molar-refractivity contribution in [2.24, 2.45) is 0 Å². The monoisotopic (exact) mass is 275 g/mol. The first-order chi connectivity index (χ1) is 9.65. The van der Waals surface area contributed by atoms with Gasteiger partial charge in [-0.25, -0.2) is 4.98 Å². The molecule has 0 radical (unpaired) electrons. The zero-order chi connectivity index (χ0) is 14.6. The minimum absolute atomic E-state index is 0.136. The highest BCUT2D eigenvalue weighted by Gasteiger charge is 2.33. The van der Waals surface area contributed by atoms with Crippen molar-refractivity contribution >= 4 is 0 Å². The Bertz CT molecular complexity index is 545. The third-order valence-electron chi connectivity index (χ3n) is 3.76. The van der Waals surface area contributed by atoms with Crippen LogP contribution in [0.15, 0.2) is 30.6 Å². The molecule has 0 aliphatic heterocycles. The molecule has 5 heteroatoms. The summed E-state index contributed by atoms with van der Waals surface area (Å²) in [6.45, 7) is 4.45. The molecule has 0 fully saturated rings. The van der Waals surface area contributed by atoms with E-state index < -0.39 is 5.41 Å². The maximum Gasteiger partial charge on any atom is 0.138 e. The normalized spacial score (nSPS) is 11.8. The fraction of sp³-hybridized carbons (Fsp3) is 0.467. The summed E-state index contributed by atoms with van der Waals surface area (Å²) in [6.07, 6.45) is 1.96. The molecule has 1 aromatic carbocycles. The van der Waals surface area contributed by atoms with E-state index in [1.807, 2.05) is 38.1 Å². The third kappa shape index (κ3) is 2.73. The topological polar surface area (TPSA) is 71.2 Å². The molecule has 108 valence electrons. The average Bonchev–Trinajstić information content (AvgIpc) is 2.93. The number of rotatable bonds is 6. The van der Waals surface area contributed by atoms with Crippen LogP contribution >= 0.6 is 0 Å². The van der Waals surface area contributed by atoms with E-state index in [-0.39, 0.29) is 13.2 Å². The summed E-state index contributed by atoms with van der Waals surface area (Å²) in [5, 5.41) is 23.8. The Morgan fingerprint density at radius 2 is 1.80 bits per heavy atom. The number of hydrogen-bond donors (Lipinski definition) is 2. The van der Waals surface area contributed by atoms with Gasteiger partial charge in [0.15, 0.2) is 0 Å². The van der Waals surface area contributed by atoms with Crippen molar-refractivity contribution in [3.63, 3.8) is 0 Å². The molecule has 5 nitrogen and oxygen atoms in total. The lowest BCUT2D eigenvalue weighted by molar-refractivity contribution is 0.113. The highest BCUT2D eigenvalue weighted by molar-refractivity contribution is 5.30. The minimum Gasteiger partial charge on any atom is -0.395 e. The Balaban J connectivity index is 2.36. The van der Waals surface area contributed by atoms with Crippen molar-refractivity contribution in [3.8, 4) is 0 Å². The second-order valence-electron chi connectivity index (χ2n) is 5.13. The average molecular weight is 275 g/mol. The van der Waals surface area contributed by atoms with E-state index in [2.05, 4.69) is 10.1 Å². The number of aryl methyl sites for hydroxylation is 2. The lowest BCUT2D eigenvalue weighted by Crippen LogP contribution is -2.38. The SMILES string of the molecule is CCn1ncnc1CC(CO)(CO)c1ccc(C)cc1. The number of benzene rings is 1. The molecule has 20 heavy (non-hydrogen) atoms. The van der Waals surface area contributed by atoms with Gasteiger partial charge in [0.25, 0.3) is 0 Å². The van der Waals surface area contributed by atoms with Crippen molar-refractivity contribution in [2.45, 2.75) is 32.2 Å². The van der Waals surface area contributed by atoms with Gasteiger partial charge < -0.3 is 10.2 Å². The van der Waals surface area contributed by atoms with Crippen LogP contribution in [0.1, 0.15) is 23.9 Å². The predicted octanol–water partition coefficient (Wildman–Crippen LogP) is 1.07. The highest BCUT2D eigenvalue weighted by atomic mass is 16.3. The predicted molar refractivity (Wildman–Crippen MR) is 76.4 cm³/mol. The van der Waals surface area contributed by atoms with Gasteiger partial charge >= 0.3 is 0 Å². The Morgan fingerprint density at radius 1 is 1.15 bits per heavy atom. The summed E-state index contributed by atoms with van der Waals surface area (Å²) in [7, 11) is 0. The van der Waals surface area contributed by atoms with Crippen molar-refractivity contribution in [3.05, 3.63) is 47.5 Å². The molecular formula is C15H21N3O2. The summed E-state index contributed by atoms with van der Waals surface area (Å²) in [4.78, 5) is 4.24. The number of aliphatic hydroxyl groups is 2. The van der Waals surface area contributed by atoms with Crippen LogP contribution in [0.2, 0.25) is 0 Å². The lowest BCUT2D eigenvalue weighted by Gasteiger charge is -2.30. The number of aliphatic hydroxyl groups excluding tert-OH is 2. The molecule has 2 aromatic rings. The first-order valence-electron chi connectivity index (χ1n) is 6.80. The molecular weight excluding hydrogens is 254 g/mol. The van der Waals surface area contributed by atoms with E-state index in [0.29, 0.717) is 6.42 Å². The van der Waals surface area contributed by atoms with Crippen LogP contribution in [0.5, 0.6) is 0 Å². The number of nitrogens with zero attached hydrogens (tertiary/aromatic N) is 3. The fourth-order valence-electron chi connectivity index (χ4n) is 2.35. The number of aromatic nitrogens is 3. The van der Waals surface area contributed by atoms with Crippen LogP contribution in [0.4, 0.5) is 0 Å². The van der Waals surface area contributed by atoms with Gasteiger partial charge in [0.1, 0.15) is 12.2 Å². The van der Waals surface area contributed by atoms with Gasteiger partial charge in [-0.05, 0) is 19.4 Å². The Labute approximate surface area is 118 Å². The minimum atomic E-state index is -0.729. The van der Waals surface area contributed by atoms with E-state index in [1.165, 1.54) is 6.33 Å². The zero-order valence-electron chi connectivity index (χ0n) is 12.0. The van der Waals surface area contributed by atoms with E-state index in [9.17, 15) is 10.2 Å². The molecule has 2 rings (SSSR count). The van der Waals surface area contributed by atoms with E-state index in [0.717, 1.165) is 23.5 Å². The van der Waals surface area contributed by atoms with Crippen molar-refractivity contribution in [1.82, 2.24) is 14.8 Å². The molecule has 0 atom stereocenters. The van der Waals surface area contributed by atoms with E-state index in [4.69, 9.17) is 0 Å². The molecule has 1 heterocycles. The maximum atomic E-state index is 9.84. The summed E-state index contributed by atoms with van der Waals surface area (Å²) < 4.78 is 1.79. The Kier molecular flexibility index (Phi) is 4.52. The molecule has 0 spiro atoms. The van der Waals surface area contributed by atoms with Gasteiger partial charge in [0, 0.05) is 18.4 Å². The van der Waals surface area contributed by atoms with E-state index >= 15 is 0 Å². The highest BCUT2D eigenvalue weighted by Crippen LogP contribution is 2.27. The van der Waals surface area contributed by atoms with Gasteiger partial charge in [0.05, 0.1) is 13.2 Å². The van der Waals surface area contributed by atoms with Crippen LogP contribution in [0.25, 0.3) is 0 Å². The molecule has 0 unspecified atom stereocenters. The van der Waals surface area contributed by atoms with Crippen LogP contribution in [-0.4, -0.2) is 38.2 Å². The third-order valence-corrected chi connectivity index (χ3v) is 3.76. The van der Waals surface area contributed by atoms with Gasteiger partial charge in [-0.1, -0.05) is 29.8 Å². The van der Waals surface area contributed by atoms with Gasteiger partial charge in [-0.3, -0.25) is 4.68 Å². The van der Waals surface area contributed by atoms with Crippen molar-refractivity contribution in [1.29, 1.82) is 0 Å². The summed E-state index contributed by atoms with van der Waals surface area (Å²) in [5.74, 6) is 0.774. The van der Waals surface area contributed by atoms with Crippen LogP contribution in [0, 0.1) is 6.92 Å². The molecule has 0 aliphatic carbocycles. The first-order valence-corrected chi connectivity index (χ1v) is 6.80. The van der Waals surface area contributed by atoms with Gasteiger partial charge in [-0.2, -0.15) is 5.10 Å². The fourth-order valence-corrected chi connectivity index (χ4v) is 2.35. The molecule has 0 amide bonds. The maximum absolute atomic E-state index is 9.84. The zero-order valence-corrected chi connectivity index (χ0v) is 12.0. The van der Waals surface area contributed by atoms with Gasteiger partial charge in [-0.15, -0.1) is 0 Å². The summed E-state index contributed by atoms with van der Waals surface area (Å²) >= 11 is 0. The molecule has 0 bridgehead atoms.